The average molecular weight is 206 g/mol. The SMILES string of the molecule is CCCN1N=C(c2ccco2)CCC1=O. The lowest BCUT2D eigenvalue weighted by molar-refractivity contribution is -0.131. The Morgan fingerprint density at radius 1 is 1.53 bits per heavy atom. The van der Waals surface area contributed by atoms with Gasteiger partial charge < -0.3 is 4.42 Å². The van der Waals surface area contributed by atoms with E-state index in [1.807, 2.05) is 19.1 Å². The molecule has 15 heavy (non-hydrogen) atoms. The number of hydrogen-bond donors (Lipinski definition) is 0. The maximum Gasteiger partial charge on any atom is 0.243 e. The number of hydrogen-bond acceptors (Lipinski definition) is 3. The summed E-state index contributed by atoms with van der Waals surface area (Å²) >= 11 is 0. The van der Waals surface area contributed by atoms with Gasteiger partial charge in [0.25, 0.3) is 0 Å². The molecule has 0 aromatic carbocycles. The maximum atomic E-state index is 11.5. The van der Waals surface area contributed by atoms with E-state index in [1.54, 1.807) is 11.3 Å². The second-order valence-electron chi connectivity index (χ2n) is 3.54. The standard InChI is InChI=1S/C11H14N2O2/c1-2-7-13-11(14)6-5-9(12-13)10-4-3-8-15-10/h3-4,8H,2,5-7H2,1H3. The molecular weight excluding hydrogens is 192 g/mol. The van der Waals surface area contributed by atoms with Gasteiger partial charge in [-0.05, 0) is 18.6 Å². The number of nitrogens with zero attached hydrogens (tertiary/aromatic N) is 2. The first-order chi connectivity index (χ1) is 7.31. The summed E-state index contributed by atoms with van der Waals surface area (Å²) in [6.07, 6.45) is 3.74. The Kier molecular flexibility index (Phi) is 2.85. The van der Waals surface area contributed by atoms with Gasteiger partial charge in [-0.25, -0.2) is 5.01 Å². The minimum absolute atomic E-state index is 0.104. The summed E-state index contributed by atoms with van der Waals surface area (Å²) in [4.78, 5) is 11.5. The van der Waals surface area contributed by atoms with Gasteiger partial charge in [-0.15, -0.1) is 0 Å². The Hall–Kier alpha value is -1.58. The van der Waals surface area contributed by atoms with Crippen molar-refractivity contribution >= 4 is 11.6 Å². The van der Waals surface area contributed by atoms with Crippen LogP contribution in [0, 0.1) is 0 Å². The van der Waals surface area contributed by atoms with E-state index in [9.17, 15) is 4.79 Å². The van der Waals surface area contributed by atoms with Crippen LogP contribution in [0.5, 0.6) is 0 Å². The molecule has 0 radical (unpaired) electrons. The number of carbonyl (C=O) groups excluding carboxylic acids is 1. The number of amides is 1. The van der Waals surface area contributed by atoms with Gasteiger partial charge in [-0.3, -0.25) is 4.79 Å². The molecule has 1 aliphatic heterocycles. The molecule has 0 aliphatic carbocycles. The van der Waals surface area contributed by atoms with Gasteiger partial charge in [-0.1, -0.05) is 6.92 Å². The van der Waals surface area contributed by atoms with Crippen LogP contribution >= 0.6 is 0 Å². The topological polar surface area (TPSA) is 45.8 Å². The van der Waals surface area contributed by atoms with Crippen LogP contribution in [0.4, 0.5) is 0 Å². The molecule has 1 aliphatic rings. The number of carbonyl (C=O) groups is 1. The van der Waals surface area contributed by atoms with Crippen LogP contribution in [-0.2, 0) is 4.79 Å². The molecule has 0 unspecified atom stereocenters. The van der Waals surface area contributed by atoms with Crippen LogP contribution in [0.15, 0.2) is 27.9 Å². The predicted octanol–water partition coefficient (Wildman–Crippen LogP) is 2.02. The smallest absolute Gasteiger partial charge is 0.243 e. The normalized spacial score (nSPS) is 16.7. The van der Waals surface area contributed by atoms with Crippen molar-refractivity contribution in [3.63, 3.8) is 0 Å². The van der Waals surface area contributed by atoms with Crippen LogP contribution in [0.25, 0.3) is 0 Å². The van der Waals surface area contributed by atoms with Crippen molar-refractivity contribution in [1.29, 1.82) is 0 Å². The summed E-state index contributed by atoms with van der Waals surface area (Å²) in [5.41, 5.74) is 0.869. The van der Waals surface area contributed by atoms with Crippen LogP contribution in [0.1, 0.15) is 31.9 Å². The van der Waals surface area contributed by atoms with E-state index in [0.29, 0.717) is 19.4 Å². The Labute approximate surface area is 88.6 Å². The second-order valence-corrected chi connectivity index (χ2v) is 3.54. The summed E-state index contributed by atoms with van der Waals surface area (Å²) in [7, 11) is 0. The molecule has 2 rings (SSSR count). The van der Waals surface area contributed by atoms with Crippen molar-refractivity contribution < 1.29 is 9.21 Å². The highest BCUT2D eigenvalue weighted by atomic mass is 16.3. The van der Waals surface area contributed by atoms with Crippen molar-refractivity contribution in [3.8, 4) is 0 Å². The summed E-state index contributed by atoms with van der Waals surface area (Å²) in [6, 6.07) is 3.71. The van der Waals surface area contributed by atoms with E-state index in [2.05, 4.69) is 5.10 Å². The molecule has 80 valence electrons. The summed E-state index contributed by atoms with van der Waals surface area (Å²) in [5.74, 6) is 0.871. The summed E-state index contributed by atoms with van der Waals surface area (Å²) in [6.45, 7) is 2.72. The Morgan fingerprint density at radius 2 is 2.40 bits per heavy atom. The zero-order chi connectivity index (χ0) is 10.7. The molecule has 0 saturated heterocycles. The molecule has 2 heterocycles. The van der Waals surface area contributed by atoms with E-state index in [4.69, 9.17) is 4.42 Å². The molecule has 0 N–H and O–H groups in total. The largest absolute Gasteiger partial charge is 0.463 e. The average Bonchev–Trinajstić information content (AvgIpc) is 2.75. The van der Waals surface area contributed by atoms with E-state index >= 15 is 0 Å². The molecule has 1 amide bonds. The first kappa shape index (κ1) is 9.96. The fourth-order valence-electron chi connectivity index (χ4n) is 1.61. The number of hydrazone groups is 1. The summed E-state index contributed by atoms with van der Waals surface area (Å²) < 4.78 is 5.27. The fourth-order valence-corrected chi connectivity index (χ4v) is 1.61. The molecule has 0 bridgehead atoms. The predicted molar refractivity (Wildman–Crippen MR) is 56.5 cm³/mol. The van der Waals surface area contributed by atoms with Gasteiger partial charge in [0.2, 0.25) is 5.91 Å². The molecule has 4 nitrogen and oxygen atoms in total. The summed E-state index contributed by atoms with van der Waals surface area (Å²) in [5, 5.41) is 5.84. The quantitative estimate of drug-likeness (QED) is 0.759. The fraction of sp³-hybridized carbons (Fsp3) is 0.455. The van der Waals surface area contributed by atoms with Crippen molar-refractivity contribution in [2.45, 2.75) is 26.2 Å². The second kappa shape index (κ2) is 4.29. The molecule has 1 aromatic heterocycles. The molecule has 1 aromatic rings. The lowest BCUT2D eigenvalue weighted by Gasteiger charge is -2.22. The first-order valence-corrected chi connectivity index (χ1v) is 5.23. The molecule has 0 spiro atoms. The third-order valence-electron chi connectivity index (χ3n) is 2.35. The lowest BCUT2D eigenvalue weighted by atomic mass is 10.1. The highest BCUT2D eigenvalue weighted by Crippen LogP contribution is 2.15. The Morgan fingerprint density at radius 3 is 3.07 bits per heavy atom. The third-order valence-corrected chi connectivity index (χ3v) is 2.35. The van der Waals surface area contributed by atoms with E-state index in [0.717, 1.165) is 17.9 Å². The zero-order valence-electron chi connectivity index (χ0n) is 8.77. The van der Waals surface area contributed by atoms with Gasteiger partial charge in [0.05, 0.1) is 6.26 Å². The van der Waals surface area contributed by atoms with E-state index in [1.165, 1.54) is 0 Å². The van der Waals surface area contributed by atoms with Crippen LogP contribution < -0.4 is 0 Å². The van der Waals surface area contributed by atoms with Gasteiger partial charge in [0.15, 0.2) is 0 Å². The van der Waals surface area contributed by atoms with Crippen molar-refractivity contribution in [2.75, 3.05) is 6.54 Å². The van der Waals surface area contributed by atoms with Gasteiger partial charge >= 0.3 is 0 Å². The zero-order valence-corrected chi connectivity index (χ0v) is 8.77. The minimum atomic E-state index is 0.104. The maximum absolute atomic E-state index is 11.5. The van der Waals surface area contributed by atoms with Gasteiger partial charge in [0.1, 0.15) is 11.5 Å². The van der Waals surface area contributed by atoms with Gasteiger partial charge in [-0.2, -0.15) is 5.10 Å². The van der Waals surface area contributed by atoms with E-state index < -0.39 is 0 Å². The van der Waals surface area contributed by atoms with Crippen molar-refractivity contribution in [1.82, 2.24) is 5.01 Å². The minimum Gasteiger partial charge on any atom is -0.463 e. The highest BCUT2D eigenvalue weighted by molar-refractivity contribution is 6.02. The van der Waals surface area contributed by atoms with Crippen LogP contribution in [0.3, 0.4) is 0 Å². The first-order valence-electron chi connectivity index (χ1n) is 5.23. The van der Waals surface area contributed by atoms with Crippen molar-refractivity contribution in [2.24, 2.45) is 5.10 Å². The molecule has 0 saturated carbocycles. The van der Waals surface area contributed by atoms with Crippen LogP contribution in [0.2, 0.25) is 0 Å². The Bertz CT molecular complexity index is 368. The Balaban J connectivity index is 2.19. The number of furan rings is 1. The molecule has 4 heteroatoms. The van der Waals surface area contributed by atoms with Crippen LogP contribution in [-0.4, -0.2) is 23.2 Å². The highest BCUT2D eigenvalue weighted by Gasteiger charge is 2.21. The van der Waals surface area contributed by atoms with Crippen molar-refractivity contribution in [3.05, 3.63) is 24.2 Å². The lowest BCUT2D eigenvalue weighted by Crippen LogP contribution is -2.32. The third kappa shape index (κ3) is 2.09. The molecular formula is C11H14N2O2. The van der Waals surface area contributed by atoms with Gasteiger partial charge in [0, 0.05) is 19.4 Å². The molecule has 0 atom stereocenters. The monoisotopic (exact) mass is 206 g/mol. The molecule has 0 fully saturated rings. The number of rotatable bonds is 3. The van der Waals surface area contributed by atoms with E-state index in [-0.39, 0.29) is 5.91 Å².